The van der Waals surface area contributed by atoms with E-state index < -0.39 is 0 Å². The molecule has 1 aromatic heterocycles. The Balaban J connectivity index is 1.54. The van der Waals surface area contributed by atoms with Gasteiger partial charge in [-0.2, -0.15) is 11.8 Å². The van der Waals surface area contributed by atoms with Crippen LogP contribution in [-0.2, 0) is 0 Å². The smallest absolute Gasteiger partial charge is 0.134 e. The van der Waals surface area contributed by atoms with Gasteiger partial charge in [-0.3, -0.25) is 4.90 Å². The van der Waals surface area contributed by atoms with Crippen molar-refractivity contribution >= 4 is 23.4 Å². The molecule has 6 heteroatoms. The largest absolute Gasteiger partial charge is 0.355 e. The lowest BCUT2D eigenvalue weighted by molar-refractivity contribution is 0.217. The lowest BCUT2D eigenvalue weighted by Crippen LogP contribution is -2.47. The molecule has 134 valence electrons. The van der Waals surface area contributed by atoms with E-state index >= 15 is 0 Å². The molecule has 3 heterocycles. The van der Waals surface area contributed by atoms with Crippen LogP contribution in [0, 0.1) is 5.41 Å². The maximum Gasteiger partial charge on any atom is 0.134 e. The molecular weight excluding hydrogens is 318 g/mol. The molecule has 0 amide bonds. The molecule has 2 saturated heterocycles. The molecule has 0 radical (unpaired) electrons. The van der Waals surface area contributed by atoms with Gasteiger partial charge in [0.25, 0.3) is 0 Å². The second kappa shape index (κ2) is 7.91. The molecule has 0 aromatic carbocycles. The fourth-order valence-electron chi connectivity index (χ4n) is 3.17. The molecule has 0 saturated carbocycles. The molecule has 2 fully saturated rings. The number of hydrogen-bond acceptors (Lipinski definition) is 6. The van der Waals surface area contributed by atoms with Gasteiger partial charge in [0, 0.05) is 56.8 Å². The third-order valence-electron chi connectivity index (χ3n) is 4.85. The minimum atomic E-state index is 0.422. The summed E-state index contributed by atoms with van der Waals surface area (Å²) in [5.74, 6) is 4.58. The molecule has 2 aliphatic rings. The number of anilines is 2. The second-order valence-electron chi connectivity index (χ2n) is 7.97. The molecule has 0 unspecified atom stereocenters. The highest BCUT2D eigenvalue weighted by atomic mass is 32.2. The summed E-state index contributed by atoms with van der Waals surface area (Å²) < 4.78 is 0. The van der Waals surface area contributed by atoms with E-state index in [-0.39, 0.29) is 0 Å². The number of hydrogen-bond donors (Lipinski definition) is 0. The second-order valence-corrected chi connectivity index (χ2v) is 9.20. The summed E-state index contributed by atoms with van der Waals surface area (Å²) in [7, 11) is 0. The van der Waals surface area contributed by atoms with Crippen molar-refractivity contribution in [3.8, 4) is 0 Å². The van der Waals surface area contributed by atoms with Crippen molar-refractivity contribution in [1.82, 2.24) is 14.9 Å². The molecular formula is C18H31N5S. The van der Waals surface area contributed by atoms with Crippen LogP contribution in [0.1, 0.15) is 27.2 Å². The van der Waals surface area contributed by atoms with Crippen molar-refractivity contribution in [3.63, 3.8) is 0 Å². The van der Waals surface area contributed by atoms with Crippen molar-refractivity contribution in [3.05, 3.63) is 12.4 Å². The van der Waals surface area contributed by atoms with Gasteiger partial charge in [-0.15, -0.1) is 0 Å². The van der Waals surface area contributed by atoms with Crippen molar-refractivity contribution < 1.29 is 0 Å². The van der Waals surface area contributed by atoms with Gasteiger partial charge in [0.15, 0.2) is 0 Å². The van der Waals surface area contributed by atoms with Crippen LogP contribution >= 0.6 is 11.8 Å². The zero-order valence-corrected chi connectivity index (χ0v) is 16.2. The van der Waals surface area contributed by atoms with Gasteiger partial charge >= 0.3 is 0 Å². The van der Waals surface area contributed by atoms with Crippen molar-refractivity contribution in [2.75, 3.05) is 67.1 Å². The van der Waals surface area contributed by atoms with Gasteiger partial charge in [-0.25, -0.2) is 9.97 Å². The van der Waals surface area contributed by atoms with Crippen LogP contribution in [0.15, 0.2) is 12.4 Å². The van der Waals surface area contributed by atoms with Crippen molar-refractivity contribution in [2.45, 2.75) is 27.2 Å². The lowest BCUT2D eigenvalue weighted by atomic mass is 9.92. The normalized spacial score (nSPS) is 20.5. The minimum Gasteiger partial charge on any atom is -0.355 e. The number of thioether (sulfide) groups is 1. The summed E-state index contributed by atoms with van der Waals surface area (Å²) in [5.41, 5.74) is 0.422. The standard InChI is InChI=1S/C18H31N5S/c1-18(2,3)4-5-21-6-8-22(9-7-21)16-14-17(20-15-19-16)23-10-12-24-13-11-23/h14-15H,4-13H2,1-3H3. The van der Waals surface area contributed by atoms with E-state index in [0.29, 0.717) is 5.41 Å². The Labute approximate surface area is 150 Å². The monoisotopic (exact) mass is 349 g/mol. The van der Waals surface area contributed by atoms with E-state index in [9.17, 15) is 0 Å². The highest BCUT2D eigenvalue weighted by Gasteiger charge is 2.21. The first kappa shape index (κ1) is 17.8. The predicted molar refractivity (Wildman–Crippen MR) is 104 cm³/mol. The van der Waals surface area contributed by atoms with Gasteiger partial charge in [0.05, 0.1) is 0 Å². The maximum absolute atomic E-state index is 4.53. The summed E-state index contributed by atoms with van der Waals surface area (Å²) in [6, 6.07) is 2.18. The molecule has 0 spiro atoms. The third-order valence-corrected chi connectivity index (χ3v) is 5.79. The average molecular weight is 350 g/mol. The van der Waals surface area contributed by atoms with Gasteiger partial charge < -0.3 is 9.80 Å². The van der Waals surface area contributed by atoms with Crippen LogP contribution in [0.5, 0.6) is 0 Å². The Hall–Kier alpha value is -1.01. The third kappa shape index (κ3) is 4.99. The van der Waals surface area contributed by atoms with Crippen LogP contribution in [0.3, 0.4) is 0 Å². The summed E-state index contributed by atoms with van der Waals surface area (Å²) in [5, 5.41) is 0. The van der Waals surface area contributed by atoms with E-state index in [1.807, 2.05) is 11.8 Å². The van der Waals surface area contributed by atoms with Gasteiger partial charge in [0.1, 0.15) is 18.0 Å². The summed E-state index contributed by atoms with van der Waals surface area (Å²) in [6.45, 7) is 14.8. The van der Waals surface area contributed by atoms with Crippen LogP contribution < -0.4 is 9.80 Å². The number of aromatic nitrogens is 2. The molecule has 0 aliphatic carbocycles. The Bertz CT molecular complexity index is 516. The van der Waals surface area contributed by atoms with Crippen molar-refractivity contribution in [1.29, 1.82) is 0 Å². The van der Waals surface area contributed by atoms with E-state index in [1.54, 1.807) is 6.33 Å². The van der Waals surface area contributed by atoms with Crippen molar-refractivity contribution in [2.24, 2.45) is 5.41 Å². The first-order valence-electron chi connectivity index (χ1n) is 9.13. The average Bonchev–Trinajstić information content (AvgIpc) is 2.61. The van der Waals surface area contributed by atoms with Crippen LogP contribution in [0.4, 0.5) is 11.6 Å². The van der Waals surface area contributed by atoms with Gasteiger partial charge in [-0.05, 0) is 18.4 Å². The Kier molecular flexibility index (Phi) is 5.87. The lowest BCUT2D eigenvalue weighted by Gasteiger charge is -2.37. The van der Waals surface area contributed by atoms with E-state index in [2.05, 4.69) is 51.5 Å². The molecule has 0 atom stereocenters. The molecule has 2 aliphatic heterocycles. The van der Waals surface area contributed by atoms with E-state index in [1.165, 1.54) is 24.5 Å². The van der Waals surface area contributed by atoms with E-state index in [0.717, 1.165) is 50.9 Å². The molecule has 1 aromatic rings. The Morgan fingerprint density at radius 3 is 2.08 bits per heavy atom. The SMILES string of the molecule is CC(C)(C)CCN1CCN(c2cc(N3CCSCC3)ncn2)CC1. The summed E-state index contributed by atoms with van der Waals surface area (Å²) in [4.78, 5) is 16.4. The van der Waals surface area contributed by atoms with Crippen LogP contribution in [-0.4, -0.2) is 72.2 Å². The van der Waals surface area contributed by atoms with Gasteiger partial charge in [-0.1, -0.05) is 20.8 Å². The fraction of sp³-hybridized carbons (Fsp3) is 0.778. The zero-order valence-electron chi connectivity index (χ0n) is 15.4. The number of piperazine rings is 1. The van der Waals surface area contributed by atoms with Gasteiger partial charge in [0.2, 0.25) is 0 Å². The first-order chi connectivity index (χ1) is 11.5. The number of rotatable bonds is 4. The zero-order chi connectivity index (χ0) is 17.0. The van der Waals surface area contributed by atoms with Crippen LogP contribution in [0.25, 0.3) is 0 Å². The van der Waals surface area contributed by atoms with Crippen LogP contribution in [0.2, 0.25) is 0 Å². The highest BCUT2D eigenvalue weighted by molar-refractivity contribution is 7.99. The molecule has 24 heavy (non-hydrogen) atoms. The minimum absolute atomic E-state index is 0.422. The molecule has 0 N–H and O–H groups in total. The quantitative estimate of drug-likeness (QED) is 0.831. The summed E-state index contributed by atoms with van der Waals surface area (Å²) >= 11 is 2.03. The Morgan fingerprint density at radius 2 is 1.50 bits per heavy atom. The molecule has 3 rings (SSSR count). The molecule has 0 bridgehead atoms. The summed E-state index contributed by atoms with van der Waals surface area (Å²) in [6.07, 6.45) is 3.00. The maximum atomic E-state index is 4.53. The Morgan fingerprint density at radius 1 is 0.917 bits per heavy atom. The topological polar surface area (TPSA) is 35.5 Å². The predicted octanol–water partition coefficient (Wildman–Crippen LogP) is 2.59. The fourth-order valence-corrected chi connectivity index (χ4v) is 4.07. The highest BCUT2D eigenvalue weighted by Crippen LogP contribution is 2.23. The first-order valence-corrected chi connectivity index (χ1v) is 10.3. The van der Waals surface area contributed by atoms with E-state index in [4.69, 9.17) is 0 Å². The molecule has 5 nitrogen and oxygen atoms in total. The number of nitrogens with zero attached hydrogens (tertiary/aromatic N) is 5.